The molecule has 0 radical (unpaired) electrons. The van der Waals surface area contributed by atoms with E-state index in [0.717, 1.165) is 56.0 Å². The van der Waals surface area contributed by atoms with Crippen LogP contribution in [-0.2, 0) is 11.2 Å². The van der Waals surface area contributed by atoms with Gasteiger partial charge in [-0.3, -0.25) is 14.7 Å². The van der Waals surface area contributed by atoms with Gasteiger partial charge >= 0.3 is 0 Å². The van der Waals surface area contributed by atoms with Gasteiger partial charge < -0.3 is 4.90 Å². The van der Waals surface area contributed by atoms with E-state index in [9.17, 15) is 9.18 Å². The largest absolute Gasteiger partial charge is 0.343 e. The Morgan fingerprint density at radius 1 is 1.10 bits per heavy atom. The van der Waals surface area contributed by atoms with Crippen LogP contribution in [0.5, 0.6) is 0 Å². The van der Waals surface area contributed by atoms with Crippen molar-refractivity contribution in [3.63, 3.8) is 0 Å². The maximum atomic E-state index is 13.5. The molecule has 0 spiro atoms. The monoisotopic (exact) mass is 395 g/mol. The third-order valence-corrected chi connectivity index (χ3v) is 6.40. The molecule has 2 aromatic rings. The van der Waals surface area contributed by atoms with Gasteiger partial charge in [0.05, 0.1) is 0 Å². The topological polar surface area (TPSA) is 36.4 Å². The summed E-state index contributed by atoms with van der Waals surface area (Å²) in [6.07, 6.45) is 5.15. The highest BCUT2D eigenvalue weighted by Gasteiger charge is 2.30. The maximum Gasteiger partial charge on any atom is 0.219 e. The molecule has 0 aliphatic carbocycles. The number of hydrogen-bond acceptors (Lipinski definition) is 3. The number of nitrogens with zero attached hydrogens (tertiary/aromatic N) is 3. The SMILES string of the molecule is CC(=O)N1CCC(N2CCCC(c3cccc(Cc4cccc(F)c4)n3)C2)CC1. The number of carbonyl (C=O) groups excluding carboxylic acids is 1. The minimum absolute atomic E-state index is 0.194. The van der Waals surface area contributed by atoms with Gasteiger partial charge in [0.25, 0.3) is 0 Å². The van der Waals surface area contributed by atoms with Crippen LogP contribution in [0.2, 0.25) is 0 Å². The second-order valence-electron chi connectivity index (χ2n) is 8.43. The molecule has 1 unspecified atom stereocenters. The van der Waals surface area contributed by atoms with Gasteiger partial charge in [-0.25, -0.2) is 4.39 Å². The number of benzene rings is 1. The first kappa shape index (κ1) is 20.0. The Balaban J connectivity index is 1.40. The molecule has 0 bridgehead atoms. The van der Waals surface area contributed by atoms with E-state index in [2.05, 4.69) is 17.0 Å². The highest BCUT2D eigenvalue weighted by molar-refractivity contribution is 5.73. The molecule has 0 N–H and O–H groups in total. The Bertz CT molecular complexity index is 848. The zero-order valence-corrected chi connectivity index (χ0v) is 17.2. The van der Waals surface area contributed by atoms with Gasteiger partial charge in [-0.15, -0.1) is 0 Å². The van der Waals surface area contributed by atoms with E-state index in [0.29, 0.717) is 18.4 Å². The number of carbonyl (C=O) groups is 1. The fourth-order valence-electron chi connectivity index (χ4n) is 4.81. The number of hydrogen-bond donors (Lipinski definition) is 0. The number of halogens is 1. The third-order valence-electron chi connectivity index (χ3n) is 6.40. The average molecular weight is 396 g/mol. The van der Waals surface area contributed by atoms with Crippen LogP contribution >= 0.6 is 0 Å². The van der Waals surface area contributed by atoms with E-state index in [1.807, 2.05) is 17.0 Å². The zero-order valence-electron chi connectivity index (χ0n) is 17.2. The van der Waals surface area contributed by atoms with Gasteiger partial charge in [-0.1, -0.05) is 18.2 Å². The van der Waals surface area contributed by atoms with E-state index in [4.69, 9.17) is 4.98 Å². The number of aromatic nitrogens is 1. The summed E-state index contributed by atoms with van der Waals surface area (Å²) < 4.78 is 13.5. The zero-order chi connectivity index (χ0) is 20.2. The molecule has 0 saturated carbocycles. The van der Waals surface area contributed by atoms with E-state index >= 15 is 0 Å². The molecule has 2 fully saturated rings. The lowest BCUT2D eigenvalue weighted by Crippen LogP contribution is -2.49. The molecule has 3 heterocycles. The van der Waals surface area contributed by atoms with Crippen molar-refractivity contribution in [2.75, 3.05) is 26.2 Å². The summed E-state index contributed by atoms with van der Waals surface area (Å²) in [4.78, 5) is 21.1. The van der Waals surface area contributed by atoms with Crippen LogP contribution in [-0.4, -0.2) is 52.9 Å². The summed E-state index contributed by atoms with van der Waals surface area (Å²) in [5.74, 6) is 0.443. The predicted molar refractivity (Wildman–Crippen MR) is 112 cm³/mol. The first-order valence-electron chi connectivity index (χ1n) is 10.8. The molecule has 4 rings (SSSR count). The maximum absolute atomic E-state index is 13.5. The van der Waals surface area contributed by atoms with Crippen molar-refractivity contribution in [1.82, 2.24) is 14.8 Å². The quantitative estimate of drug-likeness (QED) is 0.785. The summed E-state index contributed by atoms with van der Waals surface area (Å²) in [5.41, 5.74) is 3.11. The standard InChI is InChI=1S/C24H30FN3O/c1-18(29)27-13-10-23(11-14-27)28-12-4-6-20(17-28)24-9-3-8-22(26-24)16-19-5-2-7-21(25)15-19/h2-3,5,7-9,15,20,23H,4,6,10-14,16-17H2,1H3. The highest BCUT2D eigenvalue weighted by Crippen LogP contribution is 2.29. The Morgan fingerprint density at radius 2 is 1.90 bits per heavy atom. The minimum Gasteiger partial charge on any atom is -0.343 e. The fraction of sp³-hybridized carbons (Fsp3) is 0.500. The molecule has 5 heteroatoms. The first-order valence-corrected chi connectivity index (χ1v) is 10.8. The normalized spacial score (nSPS) is 21.3. The van der Waals surface area contributed by atoms with Crippen molar-refractivity contribution in [1.29, 1.82) is 0 Å². The minimum atomic E-state index is -0.197. The molecule has 154 valence electrons. The lowest BCUT2D eigenvalue weighted by atomic mass is 9.91. The Morgan fingerprint density at radius 3 is 2.66 bits per heavy atom. The van der Waals surface area contributed by atoms with Crippen LogP contribution in [0.4, 0.5) is 4.39 Å². The Kier molecular flexibility index (Phi) is 6.24. The van der Waals surface area contributed by atoms with Gasteiger partial charge in [0.15, 0.2) is 0 Å². The molecule has 1 aromatic heterocycles. The van der Waals surface area contributed by atoms with Gasteiger partial charge in [-0.05, 0) is 62.1 Å². The van der Waals surface area contributed by atoms with Crippen LogP contribution in [0.3, 0.4) is 0 Å². The molecule has 4 nitrogen and oxygen atoms in total. The summed E-state index contributed by atoms with van der Waals surface area (Å²) >= 11 is 0. The van der Waals surface area contributed by atoms with Crippen molar-refractivity contribution in [2.24, 2.45) is 0 Å². The number of piperidine rings is 2. The van der Waals surface area contributed by atoms with Crippen LogP contribution < -0.4 is 0 Å². The summed E-state index contributed by atoms with van der Waals surface area (Å²) in [6, 6.07) is 13.6. The van der Waals surface area contributed by atoms with Gasteiger partial charge in [0.1, 0.15) is 5.82 Å². The van der Waals surface area contributed by atoms with Crippen molar-refractivity contribution >= 4 is 5.91 Å². The summed E-state index contributed by atoms with van der Waals surface area (Å²) in [5, 5.41) is 0. The number of pyridine rings is 1. The Hall–Kier alpha value is -2.27. The van der Waals surface area contributed by atoms with Gasteiger partial charge in [-0.2, -0.15) is 0 Å². The first-order chi connectivity index (χ1) is 14.1. The number of rotatable bonds is 4. The molecule has 1 aromatic carbocycles. The van der Waals surface area contributed by atoms with Crippen LogP contribution in [0.1, 0.15) is 55.5 Å². The lowest BCUT2D eigenvalue weighted by molar-refractivity contribution is -0.130. The van der Waals surface area contributed by atoms with E-state index in [1.165, 1.54) is 18.9 Å². The van der Waals surface area contributed by atoms with Gasteiger partial charge in [0, 0.05) is 56.3 Å². The molecular weight excluding hydrogens is 365 g/mol. The molecule has 29 heavy (non-hydrogen) atoms. The molecule has 2 aliphatic heterocycles. The van der Waals surface area contributed by atoms with Crippen LogP contribution in [0, 0.1) is 5.82 Å². The molecule has 1 amide bonds. The van der Waals surface area contributed by atoms with Crippen molar-refractivity contribution in [3.05, 3.63) is 65.2 Å². The predicted octanol–water partition coefficient (Wildman–Crippen LogP) is 4.00. The van der Waals surface area contributed by atoms with Gasteiger partial charge in [0.2, 0.25) is 5.91 Å². The van der Waals surface area contributed by atoms with Crippen molar-refractivity contribution < 1.29 is 9.18 Å². The van der Waals surface area contributed by atoms with Crippen molar-refractivity contribution in [3.8, 4) is 0 Å². The summed E-state index contributed by atoms with van der Waals surface area (Å²) in [6.45, 7) is 5.61. The van der Waals surface area contributed by atoms with Crippen LogP contribution in [0.15, 0.2) is 42.5 Å². The van der Waals surface area contributed by atoms with E-state index in [-0.39, 0.29) is 11.7 Å². The second kappa shape index (κ2) is 9.04. The smallest absolute Gasteiger partial charge is 0.219 e. The molecule has 2 saturated heterocycles. The number of likely N-dealkylation sites (tertiary alicyclic amines) is 2. The average Bonchev–Trinajstić information content (AvgIpc) is 2.74. The third kappa shape index (κ3) is 5.02. The second-order valence-corrected chi connectivity index (χ2v) is 8.43. The van der Waals surface area contributed by atoms with Crippen LogP contribution in [0.25, 0.3) is 0 Å². The number of amides is 1. The van der Waals surface area contributed by atoms with E-state index in [1.54, 1.807) is 19.1 Å². The highest BCUT2D eigenvalue weighted by atomic mass is 19.1. The molecular formula is C24H30FN3O. The summed E-state index contributed by atoms with van der Waals surface area (Å²) in [7, 11) is 0. The van der Waals surface area contributed by atoms with Crippen molar-refractivity contribution in [2.45, 2.75) is 51.0 Å². The van der Waals surface area contributed by atoms with E-state index < -0.39 is 0 Å². The Labute approximate surface area is 172 Å². The lowest BCUT2D eigenvalue weighted by Gasteiger charge is -2.42. The molecule has 1 atom stereocenters. The fourth-order valence-corrected chi connectivity index (χ4v) is 4.81. The molecule has 2 aliphatic rings.